The van der Waals surface area contributed by atoms with Crippen molar-refractivity contribution in [3.63, 3.8) is 0 Å². The summed E-state index contributed by atoms with van der Waals surface area (Å²) in [5, 5.41) is 0. The minimum atomic E-state index is -1.89. The molecule has 86 valence electrons. The van der Waals surface area contributed by atoms with Crippen molar-refractivity contribution in [3.05, 3.63) is 0 Å². The summed E-state index contributed by atoms with van der Waals surface area (Å²) in [6, 6.07) is 0. The van der Waals surface area contributed by atoms with Crippen molar-refractivity contribution in [2.45, 2.75) is 39.3 Å². The van der Waals surface area contributed by atoms with E-state index >= 15 is 0 Å². The molecule has 8 heteroatoms. The van der Waals surface area contributed by atoms with Gasteiger partial charge in [-0.15, -0.1) is 0 Å². The van der Waals surface area contributed by atoms with Crippen molar-refractivity contribution in [2.75, 3.05) is 0 Å². The first kappa shape index (κ1) is 16.0. The van der Waals surface area contributed by atoms with E-state index in [1.54, 1.807) is 0 Å². The summed E-state index contributed by atoms with van der Waals surface area (Å²) in [5.74, 6) is 0. The fourth-order valence-electron chi connectivity index (χ4n) is 1.23. The molecule has 0 amide bonds. The monoisotopic (exact) mass is 475 g/mol. The first-order chi connectivity index (χ1) is 6.07. The van der Waals surface area contributed by atoms with Crippen molar-refractivity contribution < 1.29 is 8.23 Å². The SMILES string of the molecule is C[SiH](C)O[Si](C)(C)O[Si](C)(C)N(I)I. The molecular formula is C6H19I2NO2Si3. The van der Waals surface area contributed by atoms with Crippen LogP contribution in [0.4, 0.5) is 0 Å². The van der Waals surface area contributed by atoms with E-state index in [4.69, 9.17) is 8.23 Å². The molecule has 0 atom stereocenters. The van der Waals surface area contributed by atoms with E-state index in [-0.39, 0.29) is 0 Å². The average molecular weight is 475 g/mol. The molecule has 0 aromatic heterocycles. The van der Waals surface area contributed by atoms with Crippen LogP contribution < -0.4 is 0 Å². The summed E-state index contributed by atoms with van der Waals surface area (Å²) >= 11 is 4.59. The van der Waals surface area contributed by atoms with Gasteiger partial charge in [-0.3, -0.25) is 0 Å². The molecular weight excluding hydrogens is 456 g/mol. The second-order valence-corrected chi connectivity index (χ2v) is 19.9. The van der Waals surface area contributed by atoms with Crippen molar-refractivity contribution in [1.29, 1.82) is 0 Å². The lowest BCUT2D eigenvalue weighted by Crippen LogP contribution is -2.52. The van der Waals surface area contributed by atoms with E-state index in [0.29, 0.717) is 0 Å². The van der Waals surface area contributed by atoms with Gasteiger partial charge < -0.3 is 8.23 Å². The quantitative estimate of drug-likeness (QED) is 0.346. The highest BCUT2D eigenvalue weighted by atomic mass is 127. The smallest absolute Gasteiger partial charge is 0.311 e. The van der Waals surface area contributed by atoms with Crippen LogP contribution in [0.3, 0.4) is 0 Å². The molecule has 0 aromatic carbocycles. The lowest BCUT2D eigenvalue weighted by molar-refractivity contribution is 0.395. The summed E-state index contributed by atoms with van der Waals surface area (Å²) in [6.45, 7) is 13.1. The third-order valence-electron chi connectivity index (χ3n) is 1.42. The Morgan fingerprint density at radius 3 is 1.79 bits per heavy atom. The number of nitrogens with zero attached hydrogens (tertiary/aromatic N) is 1. The van der Waals surface area contributed by atoms with E-state index in [1.165, 1.54) is 0 Å². The van der Waals surface area contributed by atoms with Gasteiger partial charge in [-0.1, -0.05) is 0 Å². The first-order valence-electron chi connectivity index (χ1n) is 4.56. The van der Waals surface area contributed by atoms with Crippen molar-refractivity contribution in [2.24, 2.45) is 0 Å². The van der Waals surface area contributed by atoms with Crippen LogP contribution in [0.2, 0.25) is 39.3 Å². The van der Waals surface area contributed by atoms with Gasteiger partial charge in [0, 0.05) is 45.7 Å². The molecule has 0 N–H and O–H groups in total. The Labute approximate surface area is 119 Å². The summed E-state index contributed by atoms with van der Waals surface area (Å²) in [4.78, 5) is 0. The number of rotatable bonds is 5. The van der Waals surface area contributed by atoms with Gasteiger partial charge in [0.1, 0.15) is 0 Å². The number of halogens is 2. The van der Waals surface area contributed by atoms with E-state index in [2.05, 4.69) is 86.0 Å². The fraction of sp³-hybridized carbons (Fsp3) is 1.00. The predicted octanol–water partition coefficient (Wildman–Crippen LogP) is 3.41. The molecule has 0 aromatic rings. The standard InChI is InChI=1S/C6H19I2NO2Si3/c1-12(2)10-14(5,6)11-13(3,4)9(7)8/h12H,1-6H3. The Morgan fingerprint density at radius 1 is 1.07 bits per heavy atom. The maximum Gasteiger partial charge on any atom is 0.311 e. The van der Waals surface area contributed by atoms with Gasteiger partial charge in [0.15, 0.2) is 9.04 Å². The summed E-state index contributed by atoms with van der Waals surface area (Å²) in [5.41, 5.74) is 0. The van der Waals surface area contributed by atoms with E-state index < -0.39 is 26.1 Å². The lowest BCUT2D eigenvalue weighted by Gasteiger charge is -2.36. The Balaban J connectivity index is 4.34. The Morgan fingerprint density at radius 2 is 1.50 bits per heavy atom. The van der Waals surface area contributed by atoms with Gasteiger partial charge in [0.05, 0.1) is 0 Å². The number of hydrogen-bond donors (Lipinski definition) is 0. The van der Waals surface area contributed by atoms with Crippen LogP contribution in [-0.2, 0) is 8.23 Å². The largest absolute Gasteiger partial charge is 0.440 e. The Bertz CT molecular complexity index is 190. The normalized spacial score (nSPS) is 14.1. The van der Waals surface area contributed by atoms with Crippen molar-refractivity contribution >= 4 is 71.8 Å². The Kier molecular flexibility index (Phi) is 6.93. The third kappa shape index (κ3) is 6.55. The van der Waals surface area contributed by atoms with Crippen LogP contribution in [0.5, 0.6) is 0 Å². The van der Waals surface area contributed by atoms with E-state index in [1.807, 2.05) is 0 Å². The highest BCUT2D eigenvalue weighted by Gasteiger charge is 2.38. The second-order valence-electron chi connectivity index (χ2n) is 4.35. The molecule has 0 heterocycles. The van der Waals surface area contributed by atoms with Crippen molar-refractivity contribution in [1.82, 2.24) is 0.992 Å². The summed E-state index contributed by atoms with van der Waals surface area (Å²) in [6.07, 6.45) is 0. The molecule has 0 saturated carbocycles. The predicted molar refractivity (Wildman–Crippen MR) is 85.9 cm³/mol. The van der Waals surface area contributed by atoms with Crippen LogP contribution in [0.1, 0.15) is 0 Å². The molecule has 0 bridgehead atoms. The second kappa shape index (κ2) is 6.07. The van der Waals surface area contributed by atoms with Gasteiger partial charge in [-0.2, -0.15) is 0.992 Å². The van der Waals surface area contributed by atoms with Crippen LogP contribution >= 0.6 is 45.7 Å². The van der Waals surface area contributed by atoms with Gasteiger partial charge >= 0.3 is 8.56 Å². The maximum atomic E-state index is 6.20. The molecule has 0 radical (unpaired) electrons. The molecule has 0 aliphatic rings. The van der Waals surface area contributed by atoms with Crippen LogP contribution in [-0.4, -0.2) is 27.1 Å². The molecule has 14 heavy (non-hydrogen) atoms. The van der Waals surface area contributed by atoms with Crippen LogP contribution in [0.25, 0.3) is 0 Å². The zero-order valence-electron chi connectivity index (χ0n) is 9.60. The molecule has 0 saturated heterocycles. The van der Waals surface area contributed by atoms with Gasteiger partial charge in [-0.05, 0) is 39.3 Å². The third-order valence-corrected chi connectivity index (χ3v) is 17.3. The minimum Gasteiger partial charge on any atom is -0.440 e. The van der Waals surface area contributed by atoms with Crippen LogP contribution in [0.15, 0.2) is 0 Å². The maximum absolute atomic E-state index is 6.20. The molecule has 3 nitrogen and oxygen atoms in total. The zero-order chi connectivity index (χ0) is 11.6. The lowest BCUT2D eigenvalue weighted by atomic mass is 11.9. The first-order valence-corrected chi connectivity index (χ1v) is 14.9. The van der Waals surface area contributed by atoms with E-state index in [0.717, 1.165) is 0 Å². The molecule has 0 unspecified atom stereocenters. The molecule has 0 aliphatic heterocycles. The summed E-state index contributed by atoms with van der Waals surface area (Å²) < 4.78 is 14.3. The van der Waals surface area contributed by atoms with Gasteiger partial charge in [-0.25, -0.2) is 0 Å². The minimum absolute atomic E-state index is 0.981. The van der Waals surface area contributed by atoms with Gasteiger partial charge in [0.2, 0.25) is 0 Å². The Hall–Kier alpha value is 1.99. The summed E-state index contributed by atoms with van der Waals surface area (Å²) in [7, 11) is -4.59. The molecule has 0 aliphatic carbocycles. The number of hydrogen-bond acceptors (Lipinski definition) is 3. The molecule has 0 spiro atoms. The average Bonchev–Trinajstić information content (AvgIpc) is 1.79. The zero-order valence-corrected chi connectivity index (χ0v) is 17.1. The molecule has 0 rings (SSSR count). The van der Waals surface area contributed by atoms with Gasteiger partial charge in [0.25, 0.3) is 8.48 Å². The topological polar surface area (TPSA) is 21.7 Å². The molecule has 0 fully saturated rings. The van der Waals surface area contributed by atoms with Crippen molar-refractivity contribution in [3.8, 4) is 0 Å². The highest BCUT2D eigenvalue weighted by molar-refractivity contribution is 14.2. The van der Waals surface area contributed by atoms with E-state index in [9.17, 15) is 0 Å². The van der Waals surface area contributed by atoms with Crippen LogP contribution in [0, 0.1) is 0 Å². The fourth-order valence-corrected chi connectivity index (χ4v) is 13.3. The highest BCUT2D eigenvalue weighted by Crippen LogP contribution is 2.25.